The normalized spacial score (nSPS) is 12.5. The third kappa shape index (κ3) is 9.13. The van der Waals surface area contributed by atoms with Gasteiger partial charge in [-0.15, -0.1) is 11.8 Å². The number of carboxylic acids is 1. The Morgan fingerprint density at radius 2 is 1.87 bits per heavy atom. The van der Waals surface area contributed by atoms with Crippen molar-refractivity contribution in [2.24, 2.45) is 0 Å². The fraction of sp³-hybridized carbons (Fsp3) is 0.529. The highest BCUT2D eigenvalue weighted by molar-refractivity contribution is 7.99. The third-order valence-corrected chi connectivity index (χ3v) is 4.07. The molecule has 1 aromatic carbocycles. The lowest BCUT2D eigenvalue weighted by molar-refractivity contribution is -0.137. The Morgan fingerprint density at radius 1 is 1.26 bits per heavy atom. The van der Waals surface area contributed by atoms with Crippen LogP contribution in [-0.2, 0) is 9.53 Å². The number of carbonyl (C=O) groups is 2. The molecule has 0 saturated carbocycles. The van der Waals surface area contributed by atoms with Crippen LogP contribution in [0.3, 0.4) is 0 Å². The molecule has 0 aliphatic heterocycles. The van der Waals surface area contributed by atoms with Crippen LogP contribution in [0.25, 0.3) is 0 Å². The second-order valence-electron chi connectivity index (χ2n) is 6.40. The lowest BCUT2D eigenvalue weighted by Crippen LogP contribution is -2.40. The fourth-order valence-corrected chi connectivity index (χ4v) is 2.77. The number of aliphatic carboxylic acids is 1. The van der Waals surface area contributed by atoms with Crippen molar-refractivity contribution >= 4 is 23.8 Å². The van der Waals surface area contributed by atoms with Gasteiger partial charge in [0.25, 0.3) is 0 Å². The molecule has 2 N–H and O–H groups in total. The molecule has 0 heterocycles. The van der Waals surface area contributed by atoms with Crippen molar-refractivity contribution in [3.63, 3.8) is 0 Å². The Balaban J connectivity index is 2.58. The average molecular weight is 339 g/mol. The first-order valence-corrected chi connectivity index (χ1v) is 8.55. The summed E-state index contributed by atoms with van der Waals surface area (Å²) in [6.07, 6.45) is -0.139. The molecule has 0 bridgehead atoms. The van der Waals surface area contributed by atoms with Crippen molar-refractivity contribution in [1.29, 1.82) is 0 Å². The largest absolute Gasteiger partial charge is 0.481 e. The lowest BCUT2D eigenvalue weighted by atomic mass is 10.2. The van der Waals surface area contributed by atoms with Crippen LogP contribution in [0.5, 0.6) is 0 Å². The van der Waals surface area contributed by atoms with Gasteiger partial charge in [0.15, 0.2) is 0 Å². The van der Waals surface area contributed by atoms with Gasteiger partial charge < -0.3 is 15.2 Å². The zero-order valence-corrected chi connectivity index (χ0v) is 14.9. The Hall–Kier alpha value is -1.69. The highest BCUT2D eigenvalue weighted by Gasteiger charge is 2.20. The maximum atomic E-state index is 11.9. The first-order chi connectivity index (χ1) is 10.7. The Bertz CT molecular complexity index is 522. The number of amides is 1. The second kappa shape index (κ2) is 8.82. The third-order valence-electron chi connectivity index (χ3n) is 2.90. The second-order valence-corrected chi connectivity index (χ2v) is 7.49. The zero-order chi connectivity index (χ0) is 17.5. The molecule has 1 aromatic rings. The molecule has 1 atom stereocenters. The minimum atomic E-state index is -0.874. The monoisotopic (exact) mass is 339 g/mol. The number of carboxylic acid groups (broad SMARTS) is 1. The van der Waals surface area contributed by atoms with Crippen LogP contribution in [-0.4, -0.2) is 34.6 Å². The van der Waals surface area contributed by atoms with Crippen LogP contribution in [0, 0.1) is 6.92 Å². The molecule has 0 aromatic heterocycles. The van der Waals surface area contributed by atoms with Gasteiger partial charge in [-0.1, -0.05) is 17.7 Å². The van der Waals surface area contributed by atoms with Crippen LogP contribution in [0.4, 0.5) is 4.79 Å². The lowest BCUT2D eigenvalue weighted by Gasteiger charge is -2.23. The first-order valence-electron chi connectivity index (χ1n) is 7.56. The fourth-order valence-electron chi connectivity index (χ4n) is 1.80. The van der Waals surface area contributed by atoms with E-state index < -0.39 is 17.7 Å². The molecule has 0 unspecified atom stereocenters. The summed E-state index contributed by atoms with van der Waals surface area (Å²) >= 11 is 1.59. The summed E-state index contributed by atoms with van der Waals surface area (Å²) in [4.78, 5) is 23.7. The van der Waals surface area contributed by atoms with Crippen LogP contribution in [0.2, 0.25) is 0 Å². The number of alkyl carbamates (subject to hydrolysis) is 1. The van der Waals surface area contributed by atoms with E-state index in [2.05, 4.69) is 5.32 Å². The molecule has 0 aliphatic rings. The maximum Gasteiger partial charge on any atom is 0.407 e. The quantitative estimate of drug-likeness (QED) is 0.738. The number of carbonyl (C=O) groups excluding carboxylic acids is 1. The standard InChI is InChI=1S/C17H25NO4S/c1-12-5-8-14(9-6-12)23-11-13(7-10-15(19)20)18-16(21)22-17(2,3)4/h5-6,8-9,13H,7,10-11H2,1-4H3,(H,18,21)(H,19,20)/t13-/m0/s1. The van der Waals surface area contributed by atoms with Gasteiger partial charge in [-0.3, -0.25) is 4.79 Å². The number of hydrogen-bond donors (Lipinski definition) is 2. The Labute approximate surface area is 141 Å². The number of thioether (sulfide) groups is 1. The number of rotatable bonds is 7. The topological polar surface area (TPSA) is 75.6 Å². The van der Waals surface area contributed by atoms with Gasteiger partial charge in [0, 0.05) is 23.1 Å². The molecule has 5 nitrogen and oxygen atoms in total. The van der Waals surface area contributed by atoms with E-state index in [1.807, 2.05) is 31.2 Å². The van der Waals surface area contributed by atoms with Gasteiger partial charge in [0.05, 0.1) is 0 Å². The minimum absolute atomic E-state index is 0.00885. The molecular weight excluding hydrogens is 314 g/mol. The van der Waals surface area contributed by atoms with Crippen LogP contribution >= 0.6 is 11.8 Å². The summed E-state index contributed by atoms with van der Waals surface area (Å²) in [5.74, 6) is -0.281. The van der Waals surface area contributed by atoms with Gasteiger partial charge in [0.2, 0.25) is 0 Å². The molecule has 128 valence electrons. The summed E-state index contributed by atoms with van der Waals surface area (Å²) < 4.78 is 5.24. The number of benzene rings is 1. The molecule has 0 spiro atoms. The van der Waals surface area contributed by atoms with E-state index in [1.165, 1.54) is 5.56 Å². The summed E-state index contributed by atoms with van der Waals surface area (Å²) in [7, 11) is 0. The van der Waals surface area contributed by atoms with E-state index in [4.69, 9.17) is 9.84 Å². The Morgan fingerprint density at radius 3 is 2.39 bits per heavy atom. The molecule has 23 heavy (non-hydrogen) atoms. The Kier molecular flexibility index (Phi) is 7.42. The van der Waals surface area contributed by atoms with Gasteiger partial charge in [-0.25, -0.2) is 4.79 Å². The van der Waals surface area contributed by atoms with E-state index >= 15 is 0 Å². The van der Waals surface area contributed by atoms with Gasteiger partial charge >= 0.3 is 12.1 Å². The highest BCUT2D eigenvalue weighted by Crippen LogP contribution is 2.20. The SMILES string of the molecule is Cc1ccc(SC[C@H](CCC(=O)O)NC(=O)OC(C)(C)C)cc1. The molecule has 6 heteroatoms. The summed E-state index contributed by atoms with van der Waals surface area (Å²) in [5.41, 5.74) is 0.606. The van der Waals surface area contributed by atoms with Crippen LogP contribution in [0.1, 0.15) is 39.2 Å². The van der Waals surface area contributed by atoms with Gasteiger partial charge in [0.1, 0.15) is 5.60 Å². The molecule has 0 fully saturated rings. The number of aryl methyl sites for hydroxylation is 1. The van der Waals surface area contributed by atoms with E-state index in [0.717, 1.165) is 4.90 Å². The first kappa shape index (κ1) is 19.4. The molecule has 0 saturated heterocycles. The van der Waals surface area contributed by atoms with E-state index in [0.29, 0.717) is 12.2 Å². The van der Waals surface area contributed by atoms with Crippen LogP contribution < -0.4 is 5.32 Å². The average Bonchev–Trinajstić information content (AvgIpc) is 2.41. The van der Waals surface area contributed by atoms with Crippen molar-refractivity contribution in [2.45, 2.75) is 57.1 Å². The number of ether oxygens (including phenoxy) is 1. The van der Waals surface area contributed by atoms with Crippen LogP contribution in [0.15, 0.2) is 29.2 Å². The van der Waals surface area contributed by atoms with Crippen molar-refractivity contribution in [3.8, 4) is 0 Å². The van der Waals surface area contributed by atoms with Gasteiger partial charge in [-0.05, 0) is 46.2 Å². The summed E-state index contributed by atoms with van der Waals surface area (Å²) in [6, 6.07) is 7.82. The minimum Gasteiger partial charge on any atom is -0.481 e. The maximum absolute atomic E-state index is 11.9. The molecule has 1 amide bonds. The predicted octanol–water partition coefficient (Wildman–Crippen LogP) is 3.85. The highest BCUT2D eigenvalue weighted by atomic mass is 32.2. The van der Waals surface area contributed by atoms with E-state index in [9.17, 15) is 9.59 Å². The molecular formula is C17H25NO4S. The molecule has 0 radical (unpaired) electrons. The summed E-state index contributed by atoms with van der Waals surface area (Å²) in [6.45, 7) is 7.40. The predicted molar refractivity (Wildman–Crippen MR) is 91.9 cm³/mol. The smallest absolute Gasteiger partial charge is 0.407 e. The van der Waals surface area contributed by atoms with E-state index in [-0.39, 0.29) is 12.5 Å². The van der Waals surface area contributed by atoms with Gasteiger partial charge in [-0.2, -0.15) is 0 Å². The molecule has 0 aliphatic carbocycles. The van der Waals surface area contributed by atoms with Crippen molar-refractivity contribution in [1.82, 2.24) is 5.32 Å². The zero-order valence-electron chi connectivity index (χ0n) is 14.1. The van der Waals surface area contributed by atoms with Crippen molar-refractivity contribution in [3.05, 3.63) is 29.8 Å². The summed E-state index contributed by atoms with van der Waals surface area (Å²) in [5, 5.41) is 11.6. The van der Waals surface area contributed by atoms with Crippen molar-refractivity contribution < 1.29 is 19.4 Å². The molecule has 1 rings (SSSR count). The number of nitrogens with one attached hydrogen (secondary N) is 1. The van der Waals surface area contributed by atoms with Crippen molar-refractivity contribution in [2.75, 3.05) is 5.75 Å². The van der Waals surface area contributed by atoms with E-state index in [1.54, 1.807) is 32.5 Å². The number of hydrogen-bond acceptors (Lipinski definition) is 4.